The van der Waals surface area contributed by atoms with Crippen LogP contribution in [0.2, 0.25) is 0 Å². The highest BCUT2D eigenvalue weighted by molar-refractivity contribution is 7.15. The summed E-state index contributed by atoms with van der Waals surface area (Å²) in [5.41, 5.74) is 1.06. The van der Waals surface area contributed by atoms with Crippen LogP contribution < -0.4 is 5.32 Å². The zero-order valence-corrected chi connectivity index (χ0v) is 11.8. The molecule has 1 aromatic heterocycles. The Morgan fingerprint density at radius 1 is 1.44 bits per heavy atom. The quantitative estimate of drug-likeness (QED) is 0.832. The Kier molecular flexibility index (Phi) is 4.94. The molecule has 2 heterocycles. The summed E-state index contributed by atoms with van der Waals surface area (Å²) in [7, 11) is 0. The molecule has 0 amide bonds. The maximum absolute atomic E-state index is 9.97. The molecule has 0 spiro atoms. The van der Waals surface area contributed by atoms with Crippen LogP contribution in [0, 0.1) is 13.8 Å². The molecule has 2 rings (SSSR count). The number of ether oxygens (including phenoxy) is 1. The molecule has 1 aromatic rings. The lowest BCUT2D eigenvalue weighted by molar-refractivity contribution is 0.0171. The van der Waals surface area contributed by atoms with Crippen molar-refractivity contribution in [3.63, 3.8) is 0 Å². The van der Waals surface area contributed by atoms with Gasteiger partial charge in [-0.15, -0.1) is 11.3 Å². The van der Waals surface area contributed by atoms with Gasteiger partial charge in [-0.3, -0.25) is 4.90 Å². The molecule has 0 unspecified atom stereocenters. The van der Waals surface area contributed by atoms with Crippen molar-refractivity contribution in [1.82, 2.24) is 9.88 Å². The molecule has 0 bridgehead atoms. The Bertz CT molecular complexity index is 358. The van der Waals surface area contributed by atoms with Gasteiger partial charge >= 0.3 is 0 Å². The molecule has 0 radical (unpaired) electrons. The number of rotatable bonds is 5. The number of aliphatic hydroxyl groups excluding tert-OH is 1. The van der Waals surface area contributed by atoms with Gasteiger partial charge in [0.25, 0.3) is 0 Å². The minimum absolute atomic E-state index is 0.368. The van der Waals surface area contributed by atoms with Crippen molar-refractivity contribution in [1.29, 1.82) is 0 Å². The van der Waals surface area contributed by atoms with Gasteiger partial charge in [-0.25, -0.2) is 4.98 Å². The summed E-state index contributed by atoms with van der Waals surface area (Å²) in [5.74, 6) is 0. The second-order valence-electron chi connectivity index (χ2n) is 4.61. The maximum atomic E-state index is 9.97. The number of nitrogens with one attached hydrogen (secondary N) is 1. The highest BCUT2D eigenvalue weighted by Crippen LogP contribution is 2.20. The highest BCUT2D eigenvalue weighted by atomic mass is 32.1. The monoisotopic (exact) mass is 271 g/mol. The van der Waals surface area contributed by atoms with E-state index in [1.165, 1.54) is 4.88 Å². The van der Waals surface area contributed by atoms with E-state index in [1.54, 1.807) is 11.3 Å². The fraction of sp³-hybridized carbons (Fsp3) is 0.750. The number of nitrogens with zero attached hydrogens (tertiary/aromatic N) is 2. The molecule has 1 aliphatic heterocycles. The fourth-order valence-electron chi connectivity index (χ4n) is 1.90. The Balaban J connectivity index is 1.72. The first-order valence-corrected chi connectivity index (χ1v) is 7.13. The van der Waals surface area contributed by atoms with Gasteiger partial charge < -0.3 is 15.2 Å². The number of thiazole rings is 1. The molecular weight excluding hydrogens is 250 g/mol. The van der Waals surface area contributed by atoms with E-state index in [4.69, 9.17) is 4.74 Å². The molecule has 0 aliphatic carbocycles. The molecule has 18 heavy (non-hydrogen) atoms. The third-order valence-corrected chi connectivity index (χ3v) is 4.12. The molecule has 102 valence electrons. The second-order valence-corrected chi connectivity index (χ2v) is 5.81. The Hall–Kier alpha value is -0.690. The normalized spacial score (nSPS) is 18.8. The van der Waals surface area contributed by atoms with Crippen molar-refractivity contribution in [2.45, 2.75) is 20.0 Å². The molecule has 1 saturated heterocycles. The summed E-state index contributed by atoms with van der Waals surface area (Å²) in [6.07, 6.45) is -0.368. The van der Waals surface area contributed by atoms with Gasteiger partial charge in [0.1, 0.15) is 0 Å². The fourth-order valence-corrected chi connectivity index (χ4v) is 2.72. The largest absolute Gasteiger partial charge is 0.390 e. The van der Waals surface area contributed by atoms with E-state index in [0.717, 1.165) is 37.1 Å². The van der Waals surface area contributed by atoms with Gasteiger partial charge in [0.05, 0.1) is 25.0 Å². The first-order valence-electron chi connectivity index (χ1n) is 6.31. The number of morpholine rings is 1. The highest BCUT2D eigenvalue weighted by Gasteiger charge is 2.15. The number of β-amino-alcohol motifs (C(OH)–C–C–N with tert-alkyl or cyclic N) is 1. The number of hydrogen-bond acceptors (Lipinski definition) is 6. The van der Waals surface area contributed by atoms with Crippen molar-refractivity contribution in [3.05, 3.63) is 10.6 Å². The molecule has 0 aromatic carbocycles. The van der Waals surface area contributed by atoms with Crippen molar-refractivity contribution >= 4 is 16.5 Å². The van der Waals surface area contributed by atoms with Crippen LogP contribution in [0.5, 0.6) is 0 Å². The average molecular weight is 271 g/mol. The van der Waals surface area contributed by atoms with Gasteiger partial charge in [-0.2, -0.15) is 0 Å². The lowest BCUT2D eigenvalue weighted by Crippen LogP contribution is -2.42. The number of anilines is 1. The van der Waals surface area contributed by atoms with Gasteiger partial charge in [-0.1, -0.05) is 0 Å². The molecule has 2 N–H and O–H groups in total. The number of hydrogen-bond donors (Lipinski definition) is 2. The van der Waals surface area contributed by atoms with Gasteiger partial charge in [0.2, 0.25) is 0 Å². The lowest BCUT2D eigenvalue weighted by atomic mass is 10.3. The number of aryl methyl sites for hydroxylation is 2. The molecule has 1 aliphatic rings. The van der Waals surface area contributed by atoms with E-state index in [-0.39, 0.29) is 6.10 Å². The van der Waals surface area contributed by atoms with E-state index < -0.39 is 0 Å². The smallest absolute Gasteiger partial charge is 0.183 e. The van der Waals surface area contributed by atoms with Gasteiger partial charge in [0, 0.05) is 31.1 Å². The van der Waals surface area contributed by atoms with E-state index in [1.807, 2.05) is 6.92 Å². The summed E-state index contributed by atoms with van der Waals surface area (Å²) in [5, 5.41) is 14.1. The van der Waals surface area contributed by atoms with Crippen LogP contribution in [0.1, 0.15) is 10.6 Å². The zero-order valence-electron chi connectivity index (χ0n) is 11.0. The topological polar surface area (TPSA) is 57.6 Å². The van der Waals surface area contributed by atoms with Crippen LogP contribution >= 0.6 is 11.3 Å². The molecule has 6 heteroatoms. The molecular formula is C12H21N3O2S. The summed E-state index contributed by atoms with van der Waals surface area (Å²) < 4.78 is 5.28. The Morgan fingerprint density at radius 2 is 2.17 bits per heavy atom. The summed E-state index contributed by atoms with van der Waals surface area (Å²) in [6, 6.07) is 0. The third-order valence-electron chi connectivity index (χ3n) is 3.09. The van der Waals surface area contributed by atoms with E-state index >= 15 is 0 Å². The SMILES string of the molecule is Cc1nc(NC[C@H](O)CN2CCOCC2)sc1C. The standard InChI is InChI=1S/C12H21N3O2S/c1-9-10(2)18-12(14-9)13-7-11(16)8-15-3-5-17-6-4-15/h11,16H,3-8H2,1-2H3,(H,13,14)/t11-/m0/s1. The maximum Gasteiger partial charge on any atom is 0.183 e. The van der Waals surface area contributed by atoms with Crippen LogP contribution in [-0.4, -0.2) is 60.5 Å². The van der Waals surface area contributed by atoms with Crippen LogP contribution in [0.25, 0.3) is 0 Å². The Labute approximate surface area is 112 Å². The molecule has 0 saturated carbocycles. The van der Waals surface area contributed by atoms with Gasteiger partial charge in [0.15, 0.2) is 5.13 Å². The van der Waals surface area contributed by atoms with E-state index in [0.29, 0.717) is 13.1 Å². The first-order chi connectivity index (χ1) is 8.65. The minimum atomic E-state index is -0.368. The first kappa shape index (κ1) is 13.7. The predicted octanol–water partition coefficient (Wildman–Crippen LogP) is 0.865. The van der Waals surface area contributed by atoms with Crippen molar-refractivity contribution in [3.8, 4) is 0 Å². The summed E-state index contributed by atoms with van der Waals surface area (Å²) in [4.78, 5) is 7.84. The number of aromatic nitrogens is 1. The van der Waals surface area contributed by atoms with Crippen molar-refractivity contribution in [2.24, 2.45) is 0 Å². The van der Waals surface area contributed by atoms with Crippen LogP contribution in [0.4, 0.5) is 5.13 Å². The van der Waals surface area contributed by atoms with Crippen LogP contribution in [-0.2, 0) is 4.74 Å². The summed E-state index contributed by atoms with van der Waals surface area (Å²) in [6.45, 7) is 8.65. The van der Waals surface area contributed by atoms with E-state index in [9.17, 15) is 5.11 Å². The van der Waals surface area contributed by atoms with Crippen molar-refractivity contribution in [2.75, 3.05) is 44.7 Å². The van der Waals surface area contributed by atoms with Gasteiger partial charge in [-0.05, 0) is 13.8 Å². The van der Waals surface area contributed by atoms with Crippen molar-refractivity contribution < 1.29 is 9.84 Å². The molecule has 1 atom stereocenters. The second kappa shape index (κ2) is 6.47. The Morgan fingerprint density at radius 3 is 2.78 bits per heavy atom. The van der Waals surface area contributed by atoms with E-state index in [2.05, 4.69) is 22.1 Å². The lowest BCUT2D eigenvalue weighted by Gasteiger charge is -2.28. The molecule has 5 nitrogen and oxygen atoms in total. The van der Waals surface area contributed by atoms with Crippen LogP contribution in [0.3, 0.4) is 0 Å². The summed E-state index contributed by atoms with van der Waals surface area (Å²) >= 11 is 1.64. The molecule has 1 fully saturated rings. The third kappa shape index (κ3) is 3.91. The van der Waals surface area contributed by atoms with Crippen LogP contribution in [0.15, 0.2) is 0 Å². The number of aliphatic hydroxyl groups is 1. The predicted molar refractivity (Wildman–Crippen MR) is 73.3 cm³/mol. The minimum Gasteiger partial charge on any atom is -0.390 e. The zero-order chi connectivity index (χ0) is 13.0. The average Bonchev–Trinajstić information content (AvgIpc) is 2.68.